The van der Waals surface area contributed by atoms with E-state index < -0.39 is 0 Å². The van der Waals surface area contributed by atoms with Gasteiger partial charge in [0.2, 0.25) is 5.91 Å². The number of nitrogens with zero attached hydrogens (tertiary/aromatic N) is 5. The van der Waals surface area contributed by atoms with Gasteiger partial charge in [-0.1, -0.05) is 29.8 Å². The van der Waals surface area contributed by atoms with Gasteiger partial charge in [-0.25, -0.2) is 0 Å². The van der Waals surface area contributed by atoms with Gasteiger partial charge in [-0.2, -0.15) is 5.10 Å². The van der Waals surface area contributed by atoms with E-state index in [1.54, 1.807) is 0 Å². The van der Waals surface area contributed by atoms with Gasteiger partial charge in [-0.15, -0.1) is 0 Å². The number of hydrogen-bond acceptors (Lipinski definition) is 5. The van der Waals surface area contributed by atoms with Crippen LogP contribution >= 0.6 is 0 Å². The summed E-state index contributed by atoms with van der Waals surface area (Å²) in [5, 5.41) is 4.82. The van der Waals surface area contributed by atoms with Crippen molar-refractivity contribution < 1.29 is 9.53 Å². The lowest BCUT2D eigenvalue weighted by Gasteiger charge is -2.36. The summed E-state index contributed by atoms with van der Waals surface area (Å²) in [4.78, 5) is 19.2. The number of piperazine rings is 1. The minimum absolute atomic E-state index is 0.237. The molecule has 0 N–H and O–H groups in total. The van der Waals surface area contributed by atoms with E-state index in [9.17, 15) is 4.79 Å². The first kappa shape index (κ1) is 22.0. The van der Waals surface area contributed by atoms with Crippen LogP contribution in [0.2, 0.25) is 0 Å². The van der Waals surface area contributed by atoms with Gasteiger partial charge in [0.15, 0.2) is 0 Å². The van der Waals surface area contributed by atoms with Crippen molar-refractivity contribution in [3.63, 3.8) is 0 Å². The van der Waals surface area contributed by atoms with E-state index >= 15 is 0 Å². The average molecular weight is 426 g/mol. The van der Waals surface area contributed by atoms with E-state index in [-0.39, 0.29) is 5.91 Å². The predicted octanol–water partition coefficient (Wildman–Crippen LogP) is 1.83. The van der Waals surface area contributed by atoms with Crippen molar-refractivity contribution in [3.05, 3.63) is 52.3 Å². The third kappa shape index (κ3) is 5.53. The fourth-order valence-corrected chi connectivity index (χ4v) is 4.42. The number of hydrogen-bond donors (Lipinski definition) is 0. The summed E-state index contributed by atoms with van der Waals surface area (Å²) in [6.07, 6.45) is 0. The smallest absolute Gasteiger partial charge is 0.236 e. The monoisotopic (exact) mass is 425 g/mol. The van der Waals surface area contributed by atoms with Gasteiger partial charge in [0.05, 0.1) is 32.0 Å². The van der Waals surface area contributed by atoms with Crippen LogP contribution in [-0.4, -0.2) is 89.4 Å². The Labute approximate surface area is 185 Å². The van der Waals surface area contributed by atoms with E-state index in [4.69, 9.17) is 9.84 Å². The first-order chi connectivity index (χ1) is 15.0. The molecule has 7 heteroatoms. The van der Waals surface area contributed by atoms with Gasteiger partial charge in [0, 0.05) is 57.1 Å². The normalized spacial score (nSPS) is 18.5. The van der Waals surface area contributed by atoms with Crippen molar-refractivity contribution in [2.75, 3.05) is 59.0 Å². The van der Waals surface area contributed by atoms with Crippen LogP contribution in [0, 0.1) is 20.8 Å². The topological polar surface area (TPSA) is 53.8 Å². The fraction of sp³-hybridized carbons (Fsp3) is 0.583. The minimum atomic E-state index is 0.237. The molecule has 168 valence electrons. The quantitative estimate of drug-likeness (QED) is 0.707. The van der Waals surface area contributed by atoms with Crippen LogP contribution in [0.3, 0.4) is 0 Å². The number of carbonyl (C=O) groups is 1. The second kappa shape index (κ2) is 9.94. The summed E-state index contributed by atoms with van der Waals surface area (Å²) < 4.78 is 7.48. The highest BCUT2D eigenvalue weighted by molar-refractivity contribution is 5.78. The molecular formula is C24H35N5O2. The Morgan fingerprint density at radius 2 is 1.55 bits per heavy atom. The Morgan fingerprint density at radius 1 is 0.903 bits per heavy atom. The molecule has 7 nitrogen and oxygen atoms in total. The van der Waals surface area contributed by atoms with Gasteiger partial charge in [0.25, 0.3) is 0 Å². The highest BCUT2D eigenvalue weighted by Gasteiger charge is 2.24. The lowest BCUT2D eigenvalue weighted by Crippen LogP contribution is -2.51. The first-order valence-corrected chi connectivity index (χ1v) is 11.4. The molecule has 1 amide bonds. The Balaban J connectivity index is 1.29. The standard InChI is InChI=1S/C24H35N5O2/c1-19-4-6-22(7-5-19)16-29-21(3)23(20(2)25-29)17-26-8-10-27(11-9-26)18-24(30)28-12-14-31-15-13-28/h4-7H,8-18H2,1-3H3. The molecule has 1 aromatic carbocycles. The lowest BCUT2D eigenvalue weighted by molar-refractivity contribution is -0.136. The molecule has 2 fully saturated rings. The summed E-state index contributed by atoms with van der Waals surface area (Å²) in [7, 11) is 0. The SMILES string of the molecule is Cc1ccc(Cn2nc(C)c(CN3CCN(CC(=O)N4CCOCC4)CC3)c2C)cc1. The Morgan fingerprint density at radius 3 is 2.23 bits per heavy atom. The highest BCUT2D eigenvalue weighted by atomic mass is 16.5. The lowest BCUT2D eigenvalue weighted by atomic mass is 10.1. The largest absolute Gasteiger partial charge is 0.378 e. The van der Waals surface area contributed by atoms with Gasteiger partial charge in [-0.05, 0) is 26.3 Å². The minimum Gasteiger partial charge on any atom is -0.378 e. The van der Waals surface area contributed by atoms with Gasteiger partial charge in [0.1, 0.15) is 0 Å². The van der Waals surface area contributed by atoms with Crippen LogP contribution in [0.15, 0.2) is 24.3 Å². The molecule has 0 spiro atoms. The van der Waals surface area contributed by atoms with Crippen LogP contribution in [0.5, 0.6) is 0 Å². The molecule has 0 bridgehead atoms. The molecular weight excluding hydrogens is 390 g/mol. The zero-order valence-electron chi connectivity index (χ0n) is 19.1. The average Bonchev–Trinajstić information content (AvgIpc) is 3.04. The molecule has 2 saturated heterocycles. The molecule has 2 aromatic rings. The number of morpholine rings is 1. The molecule has 31 heavy (non-hydrogen) atoms. The van der Waals surface area contributed by atoms with Gasteiger partial charge >= 0.3 is 0 Å². The molecule has 0 unspecified atom stereocenters. The van der Waals surface area contributed by atoms with Crippen molar-refractivity contribution >= 4 is 5.91 Å². The molecule has 0 atom stereocenters. The van der Waals surface area contributed by atoms with Gasteiger partial charge in [-0.3, -0.25) is 19.3 Å². The van der Waals surface area contributed by atoms with E-state index in [1.165, 1.54) is 22.4 Å². The molecule has 4 rings (SSSR count). The maximum Gasteiger partial charge on any atom is 0.236 e. The summed E-state index contributed by atoms with van der Waals surface area (Å²) >= 11 is 0. The molecule has 0 radical (unpaired) electrons. The van der Waals surface area contributed by atoms with Crippen LogP contribution in [-0.2, 0) is 22.6 Å². The summed E-state index contributed by atoms with van der Waals surface area (Å²) in [6, 6.07) is 8.68. The first-order valence-electron chi connectivity index (χ1n) is 11.4. The highest BCUT2D eigenvalue weighted by Crippen LogP contribution is 2.18. The van der Waals surface area contributed by atoms with Gasteiger partial charge < -0.3 is 9.64 Å². The Bertz CT molecular complexity index is 878. The van der Waals surface area contributed by atoms with Crippen LogP contribution in [0.4, 0.5) is 0 Å². The van der Waals surface area contributed by atoms with Crippen molar-refractivity contribution in [1.82, 2.24) is 24.5 Å². The number of carbonyl (C=O) groups excluding carboxylic acids is 1. The maximum absolute atomic E-state index is 12.5. The summed E-state index contributed by atoms with van der Waals surface area (Å²) in [5.41, 5.74) is 6.27. The molecule has 2 aliphatic rings. The number of rotatable bonds is 6. The summed E-state index contributed by atoms with van der Waals surface area (Å²) in [6.45, 7) is 15.3. The van der Waals surface area contributed by atoms with E-state index in [2.05, 4.69) is 59.5 Å². The number of amides is 1. The predicted molar refractivity (Wildman–Crippen MR) is 121 cm³/mol. The zero-order chi connectivity index (χ0) is 21.8. The summed E-state index contributed by atoms with van der Waals surface area (Å²) in [5.74, 6) is 0.237. The van der Waals surface area contributed by atoms with Crippen molar-refractivity contribution in [2.24, 2.45) is 0 Å². The molecule has 3 heterocycles. The second-order valence-corrected chi connectivity index (χ2v) is 8.84. The number of aromatic nitrogens is 2. The Hall–Kier alpha value is -2.22. The Kier molecular flexibility index (Phi) is 7.05. The number of aryl methyl sites for hydroxylation is 2. The molecule has 0 aliphatic carbocycles. The number of benzene rings is 1. The third-order valence-electron chi connectivity index (χ3n) is 6.55. The van der Waals surface area contributed by atoms with Crippen molar-refractivity contribution in [2.45, 2.75) is 33.9 Å². The van der Waals surface area contributed by atoms with E-state index in [0.29, 0.717) is 19.8 Å². The van der Waals surface area contributed by atoms with Crippen LogP contribution in [0.25, 0.3) is 0 Å². The third-order valence-corrected chi connectivity index (χ3v) is 6.55. The molecule has 0 saturated carbocycles. The van der Waals surface area contributed by atoms with Crippen LogP contribution < -0.4 is 0 Å². The maximum atomic E-state index is 12.5. The van der Waals surface area contributed by atoms with Crippen molar-refractivity contribution in [1.29, 1.82) is 0 Å². The van der Waals surface area contributed by atoms with Crippen molar-refractivity contribution in [3.8, 4) is 0 Å². The molecule has 1 aromatic heterocycles. The number of ether oxygens (including phenoxy) is 1. The van der Waals surface area contributed by atoms with E-state index in [0.717, 1.165) is 58.1 Å². The molecule has 2 aliphatic heterocycles. The zero-order valence-corrected chi connectivity index (χ0v) is 19.1. The fourth-order valence-electron chi connectivity index (χ4n) is 4.42. The van der Waals surface area contributed by atoms with Crippen LogP contribution in [0.1, 0.15) is 28.1 Å². The second-order valence-electron chi connectivity index (χ2n) is 8.84. The van der Waals surface area contributed by atoms with E-state index in [1.807, 2.05) is 4.90 Å².